The molecule has 7 nitrogen and oxygen atoms in total. The van der Waals surface area contributed by atoms with Crippen LogP contribution >= 0.6 is 11.6 Å². The van der Waals surface area contributed by atoms with Gasteiger partial charge in [-0.05, 0) is 39.2 Å². The van der Waals surface area contributed by atoms with Gasteiger partial charge in [-0.2, -0.15) is 9.97 Å². The second kappa shape index (κ2) is 7.64. The number of piperidine rings is 1. The largest absolute Gasteiger partial charge is 0.461 e. The van der Waals surface area contributed by atoms with E-state index < -0.39 is 17.6 Å². The van der Waals surface area contributed by atoms with E-state index in [0.717, 1.165) is 25.8 Å². The smallest absolute Gasteiger partial charge is 0.319 e. The van der Waals surface area contributed by atoms with Crippen molar-refractivity contribution in [3.63, 3.8) is 0 Å². The maximum atomic E-state index is 14.8. The molecule has 2 aromatic heterocycles. The van der Waals surface area contributed by atoms with Gasteiger partial charge in [-0.1, -0.05) is 11.6 Å². The van der Waals surface area contributed by atoms with Crippen LogP contribution in [0.5, 0.6) is 6.01 Å². The summed E-state index contributed by atoms with van der Waals surface area (Å²) in [5.41, 5.74) is -1.21. The molecule has 0 radical (unpaired) electrons. The summed E-state index contributed by atoms with van der Waals surface area (Å²) in [5, 5.41) is 10.7. The molecule has 3 aliphatic rings. The highest BCUT2D eigenvalue weighted by atomic mass is 35.5. The molecular formula is C21H26ClF2N5O2. The van der Waals surface area contributed by atoms with Crippen LogP contribution in [0.3, 0.4) is 0 Å². The molecule has 5 rings (SSSR count). The van der Waals surface area contributed by atoms with Crippen molar-refractivity contribution in [3.8, 4) is 6.01 Å². The number of nitrogens with zero attached hydrogens (tertiary/aromatic N) is 5. The number of pyridine rings is 1. The number of β-amino-alcohol motifs (C(OH)–C–C–N with tert-alkyl or cyclic N) is 1. The SMILES string of the molecule is CC1(O)CCCN(c2nc(OC[C@@]34CCCN3C[C@H](F)C4)nc3c(F)c(Cl)ncc23)C1. The number of halogens is 3. The zero-order valence-electron chi connectivity index (χ0n) is 17.5. The van der Waals surface area contributed by atoms with Gasteiger partial charge in [-0.25, -0.2) is 13.8 Å². The highest BCUT2D eigenvalue weighted by Crippen LogP contribution is 2.40. The van der Waals surface area contributed by atoms with Crippen LogP contribution in [0.15, 0.2) is 6.20 Å². The van der Waals surface area contributed by atoms with Gasteiger partial charge in [0, 0.05) is 32.3 Å². The van der Waals surface area contributed by atoms with Crippen LogP contribution in [0, 0.1) is 5.82 Å². The number of rotatable bonds is 4. The molecule has 168 valence electrons. The van der Waals surface area contributed by atoms with E-state index in [1.54, 1.807) is 6.92 Å². The molecule has 1 unspecified atom stereocenters. The Labute approximate surface area is 184 Å². The van der Waals surface area contributed by atoms with Crippen molar-refractivity contribution in [2.24, 2.45) is 0 Å². The Morgan fingerprint density at radius 3 is 2.90 bits per heavy atom. The van der Waals surface area contributed by atoms with Crippen LogP contribution < -0.4 is 9.64 Å². The number of ether oxygens (including phenoxy) is 1. The Hall–Kier alpha value is -1.84. The van der Waals surface area contributed by atoms with E-state index in [-0.39, 0.29) is 28.8 Å². The van der Waals surface area contributed by atoms with Crippen LogP contribution in [0.25, 0.3) is 10.9 Å². The molecule has 1 N–H and O–H groups in total. The molecule has 31 heavy (non-hydrogen) atoms. The van der Waals surface area contributed by atoms with E-state index in [9.17, 15) is 13.9 Å². The van der Waals surface area contributed by atoms with Gasteiger partial charge >= 0.3 is 6.01 Å². The molecule has 5 heterocycles. The predicted octanol–water partition coefficient (Wildman–Crippen LogP) is 3.12. The Bertz CT molecular complexity index is 1010. The Morgan fingerprint density at radius 2 is 2.10 bits per heavy atom. The van der Waals surface area contributed by atoms with Crippen LogP contribution in [0.1, 0.15) is 39.0 Å². The number of aliphatic hydroxyl groups is 1. The lowest BCUT2D eigenvalue weighted by atomic mass is 9.95. The second-order valence-electron chi connectivity index (χ2n) is 9.34. The quantitative estimate of drug-likeness (QED) is 0.713. The van der Waals surface area contributed by atoms with E-state index in [0.29, 0.717) is 43.7 Å². The maximum Gasteiger partial charge on any atom is 0.319 e. The summed E-state index contributed by atoms with van der Waals surface area (Å²) in [6.45, 7) is 4.31. The topological polar surface area (TPSA) is 74.6 Å². The van der Waals surface area contributed by atoms with E-state index in [1.807, 2.05) is 4.90 Å². The highest BCUT2D eigenvalue weighted by molar-refractivity contribution is 6.30. The summed E-state index contributed by atoms with van der Waals surface area (Å²) in [7, 11) is 0. The molecule has 0 aliphatic carbocycles. The normalized spacial score (nSPS) is 31.4. The van der Waals surface area contributed by atoms with Crippen molar-refractivity contribution in [2.45, 2.75) is 56.3 Å². The molecule has 3 aliphatic heterocycles. The van der Waals surface area contributed by atoms with Crippen molar-refractivity contribution < 1.29 is 18.6 Å². The van der Waals surface area contributed by atoms with Crippen molar-refractivity contribution in [3.05, 3.63) is 17.2 Å². The van der Waals surface area contributed by atoms with Crippen LogP contribution in [-0.4, -0.2) is 75.1 Å². The number of fused-ring (bicyclic) bond motifs is 2. The van der Waals surface area contributed by atoms with Crippen molar-refractivity contribution in [2.75, 3.05) is 37.7 Å². The van der Waals surface area contributed by atoms with E-state index >= 15 is 0 Å². The molecule has 3 atom stereocenters. The number of aromatic nitrogens is 3. The first kappa shape index (κ1) is 21.0. The fourth-order valence-corrected chi connectivity index (χ4v) is 5.49. The molecule has 10 heteroatoms. The summed E-state index contributed by atoms with van der Waals surface area (Å²) in [6, 6.07) is 0.0254. The third kappa shape index (κ3) is 3.81. The Balaban J connectivity index is 1.50. The zero-order chi connectivity index (χ0) is 21.8. The molecular weight excluding hydrogens is 428 g/mol. The van der Waals surface area contributed by atoms with E-state index in [2.05, 4.69) is 19.9 Å². The van der Waals surface area contributed by atoms with Crippen molar-refractivity contribution >= 4 is 28.3 Å². The summed E-state index contributed by atoms with van der Waals surface area (Å²) < 4.78 is 34.9. The molecule has 3 saturated heterocycles. The van der Waals surface area contributed by atoms with Gasteiger partial charge in [-0.3, -0.25) is 4.90 Å². The third-order valence-electron chi connectivity index (χ3n) is 6.81. The fraction of sp³-hybridized carbons (Fsp3) is 0.667. The first-order valence-electron chi connectivity index (χ1n) is 10.8. The van der Waals surface area contributed by atoms with Gasteiger partial charge in [0.05, 0.1) is 16.5 Å². The van der Waals surface area contributed by atoms with E-state index in [1.165, 1.54) is 6.20 Å². The van der Waals surface area contributed by atoms with Gasteiger partial charge in [0.15, 0.2) is 11.0 Å². The first-order valence-corrected chi connectivity index (χ1v) is 11.2. The van der Waals surface area contributed by atoms with Gasteiger partial charge in [0.2, 0.25) is 0 Å². The standard InChI is InChI=1S/C21H26ClF2N5O2/c1-20(30)4-2-6-28(11-20)18-14-9-25-17(22)15(24)16(14)26-19(27-18)31-12-21-5-3-7-29(21)10-13(23)8-21/h9,13,30H,2-8,10-12H2,1H3/t13-,20?,21+/m1/s1. The summed E-state index contributed by atoms with van der Waals surface area (Å²) in [5.74, 6) is -0.277. The third-order valence-corrected chi connectivity index (χ3v) is 7.07. The Morgan fingerprint density at radius 1 is 1.29 bits per heavy atom. The second-order valence-corrected chi connectivity index (χ2v) is 9.70. The molecule has 3 fully saturated rings. The lowest BCUT2D eigenvalue weighted by Gasteiger charge is -2.38. The van der Waals surface area contributed by atoms with Crippen molar-refractivity contribution in [1.29, 1.82) is 0 Å². The highest BCUT2D eigenvalue weighted by Gasteiger charge is 2.49. The number of hydrogen-bond donors (Lipinski definition) is 1. The zero-order valence-corrected chi connectivity index (χ0v) is 18.2. The minimum atomic E-state index is -0.877. The minimum Gasteiger partial charge on any atom is -0.461 e. The Kier molecular flexibility index (Phi) is 5.18. The lowest BCUT2D eigenvalue weighted by Crippen LogP contribution is -2.46. The van der Waals surface area contributed by atoms with Gasteiger partial charge in [0.1, 0.15) is 24.1 Å². The number of hydrogen-bond acceptors (Lipinski definition) is 7. The van der Waals surface area contributed by atoms with Crippen LogP contribution in [0.2, 0.25) is 5.15 Å². The first-order chi connectivity index (χ1) is 14.8. The predicted molar refractivity (Wildman–Crippen MR) is 113 cm³/mol. The average Bonchev–Trinajstić information content (AvgIpc) is 3.24. The van der Waals surface area contributed by atoms with Gasteiger partial charge in [-0.15, -0.1) is 0 Å². The minimum absolute atomic E-state index is 0.0254. The van der Waals surface area contributed by atoms with Crippen molar-refractivity contribution in [1.82, 2.24) is 19.9 Å². The van der Waals surface area contributed by atoms with E-state index in [4.69, 9.17) is 16.3 Å². The molecule has 0 spiro atoms. The molecule has 0 aromatic carbocycles. The lowest BCUT2D eigenvalue weighted by molar-refractivity contribution is 0.0447. The molecule has 2 aromatic rings. The van der Waals surface area contributed by atoms with Gasteiger partial charge < -0.3 is 14.7 Å². The maximum absolute atomic E-state index is 14.8. The monoisotopic (exact) mass is 453 g/mol. The fourth-order valence-electron chi connectivity index (χ4n) is 5.35. The van der Waals surface area contributed by atoms with Gasteiger partial charge in [0.25, 0.3) is 0 Å². The average molecular weight is 454 g/mol. The molecule has 0 saturated carbocycles. The summed E-state index contributed by atoms with van der Waals surface area (Å²) in [6.07, 6.45) is 4.31. The molecule has 0 amide bonds. The van der Waals surface area contributed by atoms with Crippen LogP contribution in [-0.2, 0) is 0 Å². The molecule has 0 bridgehead atoms. The van der Waals surface area contributed by atoms with Crippen LogP contribution in [0.4, 0.5) is 14.6 Å². The number of anilines is 1. The summed E-state index contributed by atoms with van der Waals surface area (Å²) in [4.78, 5) is 16.8. The summed E-state index contributed by atoms with van der Waals surface area (Å²) >= 11 is 5.90. The number of alkyl halides is 1.